The van der Waals surface area contributed by atoms with Gasteiger partial charge in [0.1, 0.15) is 17.2 Å². The van der Waals surface area contributed by atoms with Crippen LogP contribution in [0.1, 0.15) is 114 Å². The highest BCUT2D eigenvalue weighted by Gasteiger charge is 2.20. The summed E-state index contributed by atoms with van der Waals surface area (Å²) in [4.78, 5) is 35.3. The van der Waals surface area contributed by atoms with E-state index in [1.54, 1.807) is 54.6 Å². The molecule has 276 valence electrons. The molecule has 0 aliphatic heterocycles. The zero-order chi connectivity index (χ0) is 36.7. The van der Waals surface area contributed by atoms with Crippen LogP contribution in [0.15, 0.2) is 73.3 Å². The molecule has 3 aromatic rings. The van der Waals surface area contributed by atoms with Crippen molar-refractivity contribution < 1.29 is 33.5 Å². The van der Waals surface area contributed by atoms with Crippen LogP contribution in [-0.2, 0) is 9.53 Å². The number of ether oxygens (including phenoxy) is 4. The molecule has 0 aliphatic rings. The number of nitrogen functional groups attached to an aromatic ring is 1. The molecule has 0 saturated carbocycles. The van der Waals surface area contributed by atoms with E-state index in [4.69, 9.17) is 24.7 Å². The Balaban J connectivity index is 1.37. The molecular weight excluding hydrogens is 648 g/mol. The molecular formula is C41H54N2O8. The topological polar surface area (TPSA) is 140 Å². The van der Waals surface area contributed by atoms with Crippen LogP contribution in [0.4, 0.5) is 11.4 Å². The third kappa shape index (κ3) is 15.3. The SMILES string of the molecule is C=CC(=O)OCCCCCCCCCCCOc1ccc(OC(=O)c2ccc(-c3cc(N)c(OCCCCCCCC)cc3[N+](=O)[O-])cc2)cc1. The molecule has 0 aromatic heterocycles. The lowest BCUT2D eigenvalue weighted by molar-refractivity contribution is -0.384. The van der Waals surface area contributed by atoms with Gasteiger partial charge in [-0.25, -0.2) is 9.59 Å². The predicted molar refractivity (Wildman–Crippen MR) is 201 cm³/mol. The molecule has 0 spiro atoms. The Morgan fingerprint density at radius 1 is 0.725 bits per heavy atom. The van der Waals surface area contributed by atoms with Crippen LogP contribution in [0, 0.1) is 10.1 Å². The van der Waals surface area contributed by atoms with E-state index in [2.05, 4.69) is 13.5 Å². The second-order valence-electron chi connectivity index (χ2n) is 12.6. The highest BCUT2D eigenvalue weighted by atomic mass is 16.6. The van der Waals surface area contributed by atoms with Gasteiger partial charge in [0, 0.05) is 6.08 Å². The smallest absolute Gasteiger partial charge is 0.343 e. The van der Waals surface area contributed by atoms with Gasteiger partial charge in [-0.05, 0) is 67.3 Å². The fraction of sp³-hybridized carbons (Fsp3) is 0.463. The summed E-state index contributed by atoms with van der Waals surface area (Å²) < 4.78 is 22.2. The molecule has 0 fully saturated rings. The molecule has 51 heavy (non-hydrogen) atoms. The Morgan fingerprint density at radius 3 is 1.82 bits per heavy atom. The van der Waals surface area contributed by atoms with Crippen LogP contribution in [0.5, 0.6) is 17.2 Å². The summed E-state index contributed by atoms with van der Waals surface area (Å²) in [7, 11) is 0. The maximum atomic E-state index is 12.8. The Morgan fingerprint density at radius 2 is 1.25 bits per heavy atom. The first-order chi connectivity index (χ1) is 24.8. The quantitative estimate of drug-likeness (QED) is 0.0164. The lowest BCUT2D eigenvalue weighted by Crippen LogP contribution is -2.08. The number of nitrogens with zero attached hydrogens (tertiary/aromatic N) is 1. The number of unbranched alkanes of at least 4 members (excludes halogenated alkanes) is 13. The highest BCUT2D eigenvalue weighted by molar-refractivity contribution is 5.92. The Hall–Kier alpha value is -4.86. The third-order valence-electron chi connectivity index (χ3n) is 8.51. The van der Waals surface area contributed by atoms with E-state index in [1.807, 2.05) is 0 Å². The summed E-state index contributed by atoms with van der Waals surface area (Å²) in [6.45, 7) is 7.09. The van der Waals surface area contributed by atoms with Gasteiger partial charge in [0.25, 0.3) is 5.69 Å². The molecule has 0 unspecified atom stereocenters. The van der Waals surface area contributed by atoms with E-state index >= 15 is 0 Å². The van der Waals surface area contributed by atoms with Crippen molar-refractivity contribution in [2.24, 2.45) is 0 Å². The van der Waals surface area contributed by atoms with Gasteiger partial charge < -0.3 is 24.7 Å². The van der Waals surface area contributed by atoms with Gasteiger partial charge in [0.2, 0.25) is 0 Å². The second kappa shape index (κ2) is 23.5. The monoisotopic (exact) mass is 702 g/mol. The molecule has 2 N–H and O–H groups in total. The van der Waals surface area contributed by atoms with Crippen molar-refractivity contribution in [3.63, 3.8) is 0 Å². The number of benzene rings is 3. The minimum atomic E-state index is -0.545. The Kier molecular flexibility index (Phi) is 18.7. The van der Waals surface area contributed by atoms with Gasteiger partial charge >= 0.3 is 11.9 Å². The van der Waals surface area contributed by atoms with Gasteiger partial charge in [-0.2, -0.15) is 0 Å². The normalized spacial score (nSPS) is 10.8. The van der Waals surface area contributed by atoms with Crippen molar-refractivity contribution in [1.29, 1.82) is 0 Å². The lowest BCUT2D eigenvalue weighted by Gasteiger charge is -2.12. The number of nitrogens with two attached hydrogens (primary N) is 1. The first-order valence-corrected chi connectivity index (χ1v) is 18.4. The molecule has 10 nitrogen and oxygen atoms in total. The zero-order valence-corrected chi connectivity index (χ0v) is 30.1. The van der Waals surface area contributed by atoms with Crippen LogP contribution in [0.25, 0.3) is 11.1 Å². The maximum Gasteiger partial charge on any atom is 0.343 e. The van der Waals surface area contributed by atoms with Crippen molar-refractivity contribution in [2.75, 3.05) is 25.6 Å². The van der Waals surface area contributed by atoms with Gasteiger partial charge in [0.05, 0.1) is 47.6 Å². The van der Waals surface area contributed by atoms with E-state index in [1.165, 1.54) is 57.1 Å². The average molecular weight is 703 g/mol. The van der Waals surface area contributed by atoms with E-state index < -0.39 is 10.9 Å². The van der Waals surface area contributed by atoms with Gasteiger partial charge in [-0.15, -0.1) is 0 Å². The molecule has 10 heteroatoms. The van der Waals surface area contributed by atoms with Crippen molar-refractivity contribution in [3.8, 4) is 28.4 Å². The Bertz CT molecular complexity index is 1510. The highest BCUT2D eigenvalue weighted by Crippen LogP contribution is 2.37. The van der Waals surface area contributed by atoms with E-state index in [0.29, 0.717) is 59.4 Å². The molecule has 0 amide bonds. The molecule has 0 atom stereocenters. The molecule has 3 aromatic carbocycles. The summed E-state index contributed by atoms with van der Waals surface area (Å²) in [5, 5.41) is 11.9. The lowest BCUT2D eigenvalue weighted by atomic mass is 10.0. The fourth-order valence-electron chi connectivity index (χ4n) is 5.58. The minimum Gasteiger partial charge on any atom is -0.494 e. The number of carbonyl (C=O) groups excluding carboxylic acids is 2. The summed E-state index contributed by atoms with van der Waals surface area (Å²) >= 11 is 0. The van der Waals surface area contributed by atoms with Crippen LogP contribution < -0.4 is 19.9 Å². The molecule has 3 rings (SSSR count). The van der Waals surface area contributed by atoms with Crippen molar-refractivity contribution in [2.45, 2.75) is 103 Å². The largest absolute Gasteiger partial charge is 0.494 e. The van der Waals surface area contributed by atoms with Crippen molar-refractivity contribution >= 4 is 23.3 Å². The molecule has 0 bridgehead atoms. The summed E-state index contributed by atoms with van der Waals surface area (Å²) in [5.74, 6) is 0.488. The number of nitro benzene ring substituents is 1. The minimum absolute atomic E-state index is 0.120. The van der Waals surface area contributed by atoms with E-state index in [0.717, 1.165) is 51.4 Å². The standard InChI is InChI=1S/C41H54N2O8/c1-3-5-6-7-13-17-28-49-39-31-38(43(46)47)36(30-37(39)42)32-19-21-33(22-20-32)41(45)51-35-25-23-34(24-26-35)48-27-16-14-11-9-8-10-12-15-18-29-50-40(44)4-2/h4,19-26,30-31H,2-3,5-18,27-29,42H2,1H3. The van der Waals surface area contributed by atoms with E-state index in [9.17, 15) is 19.7 Å². The third-order valence-corrected chi connectivity index (χ3v) is 8.51. The molecule has 0 radical (unpaired) electrons. The average Bonchev–Trinajstić information content (AvgIpc) is 3.14. The summed E-state index contributed by atoms with van der Waals surface area (Å²) in [6, 6.07) is 16.3. The Labute approximate surface area is 302 Å². The van der Waals surface area contributed by atoms with E-state index in [-0.39, 0.29) is 11.7 Å². The number of carbonyl (C=O) groups is 2. The predicted octanol–water partition coefficient (Wildman–Crippen LogP) is 10.4. The van der Waals surface area contributed by atoms with Gasteiger partial charge in [-0.1, -0.05) is 103 Å². The van der Waals surface area contributed by atoms with Crippen LogP contribution in [0.3, 0.4) is 0 Å². The van der Waals surface area contributed by atoms with Crippen molar-refractivity contribution in [3.05, 3.63) is 89.0 Å². The number of hydrogen-bond donors (Lipinski definition) is 1. The number of rotatable bonds is 26. The molecule has 0 saturated heterocycles. The van der Waals surface area contributed by atoms with Gasteiger partial charge in [0.15, 0.2) is 0 Å². The fourth-order valence-corrected chi connectivity index (χ4v) is 5.58. The molecule has 0 heterocycles. The summed E-state index contributed by atoms with van der Waals surface area (Å²) in [6.07, 6.45) is 17.8. The van der Waals surface area contributed by atoms with Crippen molar-refractivity contribution in [1.82, 2.24) is 0 Å². The van der Waals surface area contributed by atoms with Crippen LogP contribution in [0.2, 0.25) is 0 Å². The van der Waals surface area contributed by atoms with Gasteiger partial charge in [-0.3, -0.25) is 10.1 Å². The molecule has 0 aliphatic carbocycles. The zero-order valence-electron chi connectivity index (χ0n) is 30.1. The summed E-state index contributed by atoms with van der Waals surface area (Å²) in [5.41, 5.74) is 7.62. The first-order valence-electron chi connectivity index (χ1n) is 18.4. The number of hydrogen-bond acceptors (Lipinski definition) is 9. The van der Waals surface area contributed by atoms with Crippen LogP contribution in [-0.4, -0.2) is 36.7 Å². The second-order valence-corrected chi connectivity index (χ2v) is 12.6. The maximum absolute atomic E-state index is 12.8. The number of nitro groups is 1. The first kappa shape index (κ1) is 40.6. The van der Waals surface area contributed by atoms with Crippen LogP contribution >= 0.6 is 0 Å². The number of anilines is 1. The number of esters is 2.